The molecule has 0 fully saturated rings. The van der Waals surface area contributed by atoms with Gasteiger partial charge in [0.15, 0.2) is 0 Å². The fraction of sp³-hybridized carbons (Fsp3) is 0.250. The van der Waals surface area contributed by atoms with Crippen molar-refractivity contribution in [2.75, 3.05) is 0 Å². The van der Waals surface area contributed by atoms with E-state index in [1.54, 1.807) is 26.0 Å². The van der Waals surface area contributed by atoms with E-state index in [4.69, 9.17) is 11.6 Å². The molecule has 3 rings (SSSR count). The van der Waals surface area contributed by atoms with Gasteiger partial charge in [0.05, 0.1) is 11.1 Å². The molecule has 2 heterocycles. The molecule has 9 heteroatoms. The summed E-state index contributed by atoms with van der Waals surface area (Å²) in [6.07, 6.45) is 3.03. The minimum atomic E-state index is -0.853. The third kappa shape index (κ3) is 3.25. The van der Waals surface area contributed by atoms with Crippen LogP contribution in [0.2, 0.25) is 5.02 Å². The molecule has 0 spiro atoms. The van der Waals surface area contributed by atoms with E-state index in [1.165, 1.54) is 28.9 Å². The lowest BCUT2D eigenvalue weighted by molar-refractivity contribution is -0.124. The van der Waals surface area contributed by atoms with E-state index in [1.807, 2.05) is 0 Å². The standard InChI is InChI=1S/C16H15ClFN5O2/c1-9(11-4-5-12(17)13(18)8-11)20-14(24)10(2)23-16(25)22-7-3-6-19-15(22)21-23/h3-10H,1-2H3,(H,20,24)/t9-,10+/m0/s1. The van der Waals surface area contributed by atoms with Crippen molar-refractivity contribution in [3.8, 4) is 0 Å². The maximum atomic E-state index is 13.6. The Balaban J connectivity index is 1.80. The number of hydrogen-bond acceptors (Lipinski definition) is 4. The van der Waals surface area contributed by atoms with Crippen molar-refractivity contribution >= 4 is 23.3 Å². The summed E-state index contributed by atoms with van der Waals surface area (Å²) >= 11 is 5.66. The number of carbonyl (C=O) groups excluding carboxylic acids is 1. The molecule has 0 aliphatic carbocycles. The summed E-state index contributed by atoms with van der Waals surface area (Å²) in [4.78, 5) is 28.7. The number of carbonyl (C=O) groups is 1. The predicted molar refractivity (Wildman–Crippen MR) is 89.9 cm³/mol. The van der Waals surface area contributed by atoms with Gasteiger partial charge in [-0.15, -0.1) is 5.10 Å². The van der Waals surface area contributed by atoms with E-state index >= 15 is 0 Å². The molecule has 0 unspecified atom stereocenters. The van der Waals surface area contributed by atoms with Crippen LogP contribution >= 0.6 is 11.6 Å². The molecule has 25 heavy (non-hydrogen) atoms. The van der Waals surface area contributed by atoms with Crippen molar-refractivity contribution in [3.05, 3.63) is 63.5 Å². The van der Waals surface area contributed by atoms with Gasteiger partial charge >= 0.3 is 5.69 Å². The summed E-state index contributed by atoms with van der Waals surface area (Å²) < 4.78 is 15.9. The quantitative estimate of drug-likeness (QED) is 0.769. The number of halogens is 2. The zero-order chi connectivity index (χ0) is 18.1. The Hall–Kier alpha value is -2.74. The SMILES string of the molecule is C[C@H](NC(=O)[C@@H](C)n1nc2ncccn2c1=O)c1ccc(Cl)c(F)c1. The van der Waals surface area contributed by atoms with E-state index in [0.29, 0.717) is 5.56 Å². The number of nitrogens with one attached hydrogen (secondary N) is 1. The maximum Gasteiger partial charge on any atom is 0.352 e. The summed E-state index contributed by atoms with van der Waals surface area (Å²) in [6.45, 7) is 3.26. The Kier molecular flexibility index (Phi) is 4.54. The van der Waals surface area contributed by atoms with Crippen LogP contribution in [0.5, 0.6) is 0 Å². The number of aromatic nitrogens is 4. The molecule has 0 aliphatic heterocycles. The monoisotopic (exact) mass is 363 g/mol. The molecule has 0 saturated carbocycles. The van der Waals surface area contributed by atoms with E-state index in [9.17, 15) is 14.0 Å². The number of hydrogen-bond donors (Lipinski definition) is 1. The van der Waals surface area contributed by atoms with Crippen LogP contribution in [0.1, 0.15) is 31.5 Å². The lowest BCUT2D eigenvalue weighted by atomic mass is 10.1. The maximum absolute atomic E-state index is 13.6. The smallest absolute Gasteiger partial charge is 0.348 e. The van der Waals surface area contributed by atoms with Crippen molar-refractivity contribution in [1.82, 2.24) is 24.5 Å². The van der Waals surface area contributed by atoms with Gasteiger partial charge in [-0.05, 0) is 37.6 Å². The first-order valence-electron chi connectivity index (χ1n) is 7.55. The first-order chi connectivity index (χ1) is 11.9. The molecule has 130 valence electrons. The van der Waals surface area contributed by atoms with Gasteiger partial charge in [-0.1, -0.05) is 17.7 Å². The fourth-order valence-corrected chi connectivity index (χ4v) is 2.52. The summed E-state index contributed by atoms with van der Waals surface area (Å²) in [7, 11) is 0. The lowest BCUT2D eigenvalue weighted by Crippen LogP contribution is -2.37. The highest BCUT2D eigenvalue weighted by Gasteiger charge is 2.22. The molecule has 2 aromatic heterocycles. The molecule has 1 N–H and O–H groups in total. The molecule has 0 bridgehead atoms. The number of rotatable bonds is 4. The molecule has 0 aliphatic rings. The molecule has 3 aromatic rings. The summed E-state index contributed by atoms with van der Waals surface area (Å²) in [5.41, 5.74) is 0.0994. The Morgan fingerprint density at radius 2 is 2.12 bits per heavy atom. The van der Waals surface area contributed by atoms with Crippen LogP contribution < -0.4 is 11.0 Å². The molecular formula is C16H15ClFN5O2. The third-order valence-electron chi connectivity index (χ3n) is 3.87. The molecule has 1 aromatic carbocycles. The highest BCUT2D eigenvalue weighted by atomic mass is 35.5. The summed E-state index contributed by atoms with van der Waals surface area (Å²) in [5, 5.41) is 6.80. The van der Waals surface area contributed by atoms with Crippen molar-refractivity contribution < 1.29 is 9.18 Å². The van der Waals surface area contributed by atoms with Gasteiger partial charge in [0.25, 0.3) is 5.78 Å². The Labute approximate surface area is 147 Å². The second kappa shape index (κ2) is 6.64. The van der Waals surface area contributed by atoms with Gasteiger partial charge in [0.1, 0.15) is 11.9 Å². The van der Waals surface area contributed by atoms with Crippen LogP contribution in [0.25, 0.3) is 5.78 Å². The Morgan fingerprint density at radius 3 is 2.80 bits per heavy atom. The van der Waals surface area contributed by atoms with Crippen LogP contribution in [0, 0.1) is 5.82 Å². The van der Waals surface area contributed by atoms with Gasteiger partial charge < -0.3 is 5.32 Å². The molecule has 2 atom stereocenters. The van der Waals surface area contributed by atoms with Crippen molar-refractivity contribution in [2.24, 2.45) is 0 Å². The average molecular weight is 364 g/mol. The topological polar surface area (TPSA) is 81.3 Å². The summed E-state index contributed by atoms with van der Waals surface area (Å²) in [6, 6.07) is 4.60. The van der Waals surface area contributed by atoms with Gasteiger partial charge in [0.2, 0.25) is 5.91 Å². The minimum Gasteiger partial charge on any atom is -0.348 e. The van der Waals surface area contributed by atoms with Crippen molar-refractivity contribution in [3.63, 3.8) is 0 Å². The van der Waals surface area contributed by atoms with Gasteiger partial charge in [0, 0.05) is 12.4 Å². The third-order valence-corrected chi connectivity index (χ3v) is 4.18. The van der Waals surface area contributed by atoms with E-state index in [2.05, 4.69) is 15.4 Å². The lowest BCUT2D eigenvalue weighted by Gasteiger charge is -2.17. The Bertz CT molecular complexity index is 1000. The summed E-state index contributed by atoms with van der Waals surface area (Å²) in [5.74, 6) is -0.774. The second-order valence-corrected chi connectivity index (χ2v) is 6.00. The normalized spacial score (nSPS) is 13.6. The fourth-order valence-electron chi connectivity index (χ4n) is 2.40. The van der Waals surface area contributed by atoms with Crippen LogP contribution in [0.15, 0.2) is 41.5 Å². The first-order valence-corrected chi connectivity index (χ1v) is 7.93. The molecule has 0 saturated heterocycles. The van der Waals surface area contributed by atoms with Gasteiger partial charge in [-0.3, -0.25) is 4.79 Å². The molecule has 7 nitrogen and oxygen atoms in total. The first kappa shape index (κ1) is 17.1. The van der Waals surface area contributed by atoms with Gasteiger partial charge in [-0.25, -0.2) is 18.6 Å². The predicted octanol–water partition coefficient (Wildman–Crippen LogP) is 2.12. The molecular weight excluding hydrogens is 349 g/mol. The highest BCUT2D eigenvalue weighted by Crippen LogP contribution is 2.20. The minimum absolute atomic E-state index is 0.0133. The zero-order valence-corrected chi connectivity index (χ0v) is 14.2. The largest absolute Gasteiger partial charge is 0.352 e. The van der Waals surface area contributed by atoms with Gasteiger partial charge in [-0.2, -0.15) is 4.68 Å². The van der Waals surface area contributed by atoms with Crippen LogP contribution in [0.4, 0.5) is 4.39 Å². The van der Waals surface area contributed by atoms with Crippen molar-refractivity contribution in [2.45, 2.75) is 25.9 Å². The van der Waals surface area contributed by atoms with E-state index in [-0.39, 0.29) is 10.8 Å². The average Bonchev–Trinajstić information content (AvgIpc) is 2.93. The van der Waals surface area contributed by atoms with Crippen LogP contribution in [-0.4, -0.2) is 25.1 Å². The zero-order valence-electron chi connectivity index (χ0n) is 13.5. The number of benzene rings is 1. The molecule has 0 radical (unpaired) electrons. The van der Waals surface area contributed by atoms with E-state index < -0.39 is 29.5 Å². The van der Waals surface area contributed by atoms with Crippen LogP contribution in [-0.2, 0) is 4.79 Å². The highest BCUT2D eigenvalue weighted by molar-refractivity contribution is 6.30. The van der Waals surface area contributed by atoms with E-state index in [0.717, 1.165) is 4.68 Å². The number of nitrogens with zero attached hydrogens (tertiary/aromatic N) is 4. The van der Waals surface area contributed by atoms with Crippen LogP contribution in [0.3, 0.4) is 0 Å². The Morgan fingerprint density at radius 1 is 1.36 bits per heavy atom. The van der Waals surface area contributed by atoms with Crippen molar-refractivity contribution in [1.29, 1.82) is 0 Å². The number of amides is 1. The number of fused-ring (bicyclic) bond motifs is 1. The second-order valence-electron chi connectivity index (χ2n) is 5.60. The molecule has 1 amide bonds.